The average molecular weight is 261 g/mol. The molecule has 0 unspecified atom stereocenters. The van der Waals surface area contributed by atoms with Crippen LogP contribution in [0, 0.1) is 6.92 Å². The molecular weight excluding hydrogens is 238 g/mol. The molecule has 1 heterocycles. The number of aryl methyl sites for hydroxylation is 1. The Balaban J connectivity index is 1.78. The highest BCUT2D eigenvalue weighted by Gasteiger charge is 2.15. The fourth-order valence-electron chi connectivity index (χ4n) is 2.49. The van der Waals surface area contributed by atoms with Crippen molar-refractivity contribution in [3.63, 3.8) is 0 Å². The van der Waals surface area contributed by atoms with E-state index in [1.54, 1.807) is 0 Å². The van der Waals surface area contributed by atoms with Crippen molar-refractivity contribution in [3.05, 3.63) is 23.8 Å². The maximum absolute atomic E-state index is 12.0. The van der Waals surface area contributed by atoms with Crippen LogP contribution in [0.4, 0.5) is 11.4 Å². The van der Waals surface area contributed by atoms with Gasteiger partial charge in [-0.15, -0.1) is 0 Å². The number of nitrogen functional groups attached to an aromatic ring is 1. The molecule has 104 valence electrons. The molecule has 1 amide bonds. The normalized spacial score (nSPS) is 15.3. The van der Waals surface area contributed by atoms with E-state index in [0.717, 1.165) is 42.9 Å². The summed E-state index contributed by atoms with van der Waals surface area (Å²) < 4.78 is 0. The molecule has 1 fully saturated rings. The number of likely N-dealkylation sites (tertiary alicyclic amines) is 1. The van der Waals surface area contributed by atoms with Crippen LogP contribution in [0.2, 0.25) is 0 Å². The van der Waals surface area contributed by atoms with Crippen LogP contribution in [0.3, 0.4) is 0 Å². The molecule has 3 N–H and O–H groups in total. The Morgan fingerprint density at radius 2 is 2.05 bits per heavy atom. The molecule has 0 spiro atoms. The lowest BCUT2D eigenvalue weighted by Gasteiger charge is -2.26. The largest absolute Gasteiger partial charge is 0.399 e. The highest BCUT2D eigenvalue weighted by Crippen LogP contribution is 2.17. The van der Waals surface area contributed by atoms with E-state index >= 15 is 0 Å². The minimum atomic E-state index is 0.264. The zero-order valence-corrected chi connectivity index (χ0v) is 11.6. The standard InChI is InChI=1S/C15H23N3O/c1-12-11-13(16)5-6-14(12)17-8-7-15(19)18-9-3-2-4-10-18/h5-6,11,17H,2-4,7-10,16H2,1H3. The minimum Gasteiger partial charge on any atom is -0.399 e. The van der Waals surface area contributed by atoms with Crippen molar-refractivity contribution in [2.45, 2.75) is 32.6 Å². The summed E-state index contributed by atoms with van der Waals surface area (Å²) in [6.45, 7) is 4.56. The third kappa shape index (κ3) is 3.88. The summed E-state index contributed by atoms with van der Waals surface area (Å²) in [6, 6.07) is 5.78. The van der Waals surface area contributed by atoms with Gasteiger partial charge < -0.3 is 16.0 Å². The van der Waals surface area contributed by atoms with E-state index < -0.39 is 0 Å². The Morgan fingerprint density at radius 3 is 2.74 bits per heavy atom. The van der Waals surface area contributed by atoms with E-state index in [2.05, 4.69) is 5.32 Å². The van der Waals surface area contributed by atoms with Crippen LogP contribution in [0.1, 0.15) is 31.2 Å². The van der Waals surface area contributed by atoms with E-state index in [1.807, 2.05) is 30.0 Å². The molecule has 2 rings (SSSR count). The van der Waals surface area contributed by atoms with Gasteiger partial charge in [0.25, 0.3) is 0 Å². The number of hydrogen-bond acceptors (Lipinski definition) is 3. The van der Waals surface area contributed by atoms with Gasteiger partial charge in [-0.2, -0.15) is 0 Å². The van der Waals surface area contributed by atoms with Crippen LogP contribution < -0.4 is 11.1 Å². The van der Waals surface area contributed by atoms with Gasteiger partial charge in [0.2, 0.25) is 5.91 Å². The summed E-state index contributed by atoms with van der Waals surface area (Å²) in [6.07, 6.45) is 4.11. The second-order valence-corrected chi connectivity index (χ2v) is 5.19. The Morgan fingerprint density at radius 1 is 1.32 bits per heavy atom. The number of anilines is 2. The average Bonchev–Trinajstić information content (AvgIpc) is 2.42. The van der Waals surface area contributed by atoms with E-state index in [-0.39, 0.29) is 5.91 Å². The van der Waals surface area contributed by atoms with Crippen molar-refractivity contribution in [2.75, 3.05) is 30.7 Å². The first-order valence-electron chi connectivity index (χ1n) is 7.04. The third-order valence-electron chi connectivity index (χ3n) is 3.61. The predicted octanol–water partition coefficient (Wildman–Crippen LogP) is 2.39. The molecule has 19 heavy (non-hydrogen) atoms. The number of hydrogen-bond donors (Lipinski definition) is 2. The Kier molecular flexibility index (Phi) is 4.66. The van der Waals surface area contributed by atoms with Crippen LogP contribution in [-0.2, 0) is 4.79 Å². The number of piperidine rings is 1. The zero-order chi connectivity index (χ0) is 13.7. The maximum atomic E-state index is 12.0. The SMILES string of the molecule is Cc1cc(N)ccc1NCCC(=O)N1CCCCC1. The smallest absolute Gasteiger partial charge is 0.224 e. The number of nitrogens with two attached hydrogens (primary N) is 1. The Labute approximate surface area is 115 Å². The fourth-order valence-corrected chi connectivity index (χ4v) is 2.49. The number of nitrogens with zero attached hydrogens (tertiary/aromatic N) is 1. The van der Waals surface area contributed by atoms with E-state index in [9.17, 15) is 4.79 Å². The second-order valence-electron chi connectivity index (χ2n) is 5.19. The Bertz CT molecular complexity index is 439. The van der Waals surface area contributed by atoms with Gasteiger partial charge in [-0.1, -0.05) is 0 Å². The van der Waals surface area contributed by atoms with Gasteiger partial charge >= 0.3 is 0 Å². The maximum Gasteiger partial charge on any atom is 0.224 e. The number of benzene rings is 1. The first kappa shape index (κ1) is 13.7. The van der Waals surface area contributed by atoms with Gasteiger partial charge in [-0.25, -0.2) is 0 Å². The summed E-state index contributed by atoms with van der Waals surface area (Å²) in [4.78, 5) is 14.0. The molecule has 0 bridgehead atoms. The van der Waals surface area contributed by atoms with Crippen molar-refractivity contribution in [1.29, 1.82) is 0 Å². The molecule has 0 radical (unpaired) electrons. The third-order valence-corrected chi connectivity index (χ3v) is 3.61. The van der Waals surface area contributed by atoms with Crippen LogP contribution in [0.25, 0.3) is 0 Å². The summed E-state index contributed by atoms with van der Waals surface area (Å²) in [5, 5.41) is 3.31. The molecule has 1 aromatic carbocycles. The van der Waals surface area contributed by atoms with Crippen molar-refractivity contribution in [2.24, 2.45) is 0 Å². The molecule has 0 aromatic heterocycles. The summed E-state index contributed by atoms with van der Waals surface area (Å²) in [7, 11) is 0. The van der Waals surface area contributed by atoms with Crippen molar-refractivity contribution in [3.8, 4) is 0 Å². The van der Waals surface area contributed by atoms with E-state index in [4.69, 9.17) is 5.73 Å². The zero-order valence-electron chi connectivity index (χ0n) is 11.6. The van der Waals surface area contributed by atoms with E-state index in [1.165, 1.54) is 6.42 Å². The molecule has 1 saturated heterocycles. The summed E-state index contributed by atoms with van der Waals surface area (Å²) in [5.41, 5.74) is 8.66. The van der Waals surface area contributed by atoms with Gasteiger partial charge in [0, 0.05) is 37.4 Å². The number of rotatable bonds is 4. The molecule has 0 aliphatic carbocycles. The highest BCUT2D eigenvalue weighted by atomic mass is 16.2. The van der Waals surface area contributed by atoms with Crippen LogP contribution in [0.5, 0.6) is 0 Å². The molecular formula is C15H23N3O. The number of amides is 1. The monoisotopic (exact) mass is 261 g/mol. The first-order valence-corrected chi connectivity index (χ1v) is 7.04. The van der Waals surface area contributed by atoms with Gasteiger partial charge in [-0.3, -0.25) is 4.79 Å². The van der Waals surface area contributed by atoms with Gasteiger partial charge in [-0.05, 0) is 49.9 Å². The van der Waals surface area contributed by atoms with Crippen molar-refractivity contribution >= 4 is 17.3 Å². The van der Waals surface area contributed by atoms with Crippen LogP contribution in [-0.4, -0.2) is 30.4 Å². The van der Waals surface area contributed by atoms with Crippen molar-refractivity contribution < 1.29 is 4.79 Å². The van der Waals surface area contributed by atoms with Gasteiger partial charge in [0.05, 0.1) is 0 Å². The molecule has 0 saturated carbocycles. The van der Waals surface area contributed by atoms with Crippen LogP contribution >= 0.6 is 0 Å². The van der Waals surface area contributed by atoms with Crippen LogP contribution in [0.15, 0.2) is 18.2 Å². The molecule has 1 aliphatic rings. The summed E-state index contributed by atoms with van der Waals surface area (Å²) in [5.74, 6) is 0.264. The van der Waals surface area contributed by atoms with Gasteiger partial charge in [0.1, 0.15) is 0 Å². The number of carbonyl (C=O) groups excluding carboxylic acids is 1. The predicted molar refractivity (Wildman–Crippen MR) is 79.1 cm³/mol. The lowest BCUT2D eigenvalue weighted by atomic mass is 10.1. The molecule has 4 heteroatoms. The lowest BCUT2D eigenvalue weighted by Crippen LogP contribution is -2.36. The number of nitrogens with one attached hydrogen (secondary N) is 1. The quantitative estimate of drug-likeness (QED) is 0.818. The molecule has 4 nitrogen and oxygen atoms in total. The van der Waals surface area contributed by atoms with Gasteiger partial charge in [0.15, 0.2) is 0 Å². The minimum absolute atomic E-state index is 0.264. The second kappa shape index (κ2) is 6.45. The number of carbonyl (C=O) groups is 1. The first-order chi connectivity index (χ1) is 9.16. The molecule has 1 aliphatic heterocycles. The topological polar surface area (TPSA) is 58.4 Å². The fraction of sp³-hybridized carbons (Fsp3) is 0.533. The molecule has 1 aromatic rings. The lowest BCUT2D eigenvalue weighted by molar-refractivity contribution is -0.131. The van der Waals surface area contributed by atoms with Crippen molar-refractivity contribution in [1.82, 2.24) is 4.90 Å². The molecule has 0 atom stereocenters. The highest BCUT2D eigenvalue weighted by molar-refractivity contribution is 5.76. The Hall–Kier alpha value is -1.71. The van der Waals surface area contributed by atoms with E-state index in [0.29, 0.717) is 13.0 Å². The summed E-state index contributed by atoms with van der Waals surface area (Å²) >= 11 is 0.